The summed E-state index contributed by atoms with van der Waals surface area (Å²) in [5.74, 6) is 1.33. The lowest BCUT2D eigenvalue weighted by atomic mass is 10.0. The fourth-order valence-corrected chi connectivity index (χ4v) is 4.63. The van der Waals surface area contributed by atoms with Gasteiger partial charge in [-0.1, -0.05) is 6.92 Å². The van der Waals surface area contributed by atoms with Gasteiger partial charge in [0.25, 0.3) is 0 Å². The topological polar surface area (TPSA) is 79.0 Å². The number of likely N-dealkylation sites (tertiary alicyclic amines) is 1. The molecule has 1 aromatic carbocycles. The number of aryl methyl sites for hydroxylation is 1. The lowest BCUT2D eigenvalue weighted by Gasteiger charge is -2.30. The zero-order chi connectivity index (χ0) is 21.4. The van der Waals surface area contributed by atoms with E-state index in [9.17, 15) is 13.2 Å². The zero-order valence-corrected chi connectivity index (χ0v) is 18.9. The van der Waals surface area contributed by atoms with Crippen LogP contribution in [0.15, 0.2) is 23.1 Å². The van der Waals surface area contributed by atoms with E-state index < -0.39 is 10.0 Å². The van der Waals surface area contributed by atoms with Crippen LogP contribution in [0.3, 0.4) is 0 Å². The summed E-state index contributed by atoms with van der Waals surface area (Å²) in [5.41, 5.74) is 0.716. The Bertz CT molecular complexity index is 780. The number of rotatable bonds is 10. The molecule has 0 bridgehead atoms. The molecule has 0 radical (unpaired) electrons. The minimum absolute atomic E-state index is 0.0278. The molecule has 1 atom stereocenters. The van der Waals surface area contributed by atoms with Crippen molar-refractivity contribution < 1.29 is 17.9 Å². The fourth-order valence-electron chi connectivity index (χ4n) is 3.68. The lowest BCUT2D eigenvalue weighted by Crippen LogP contribution is -2.36. The van der Waals surface area contributed by atoms with Crippen molar-refractivity contribution in [2.45, 2.75) is 43.9 Å². The SMILES string of the molecule is COc1ccc(S(=O)(=O)N(C)C)cc1CCC(=O)NCCCN1CCC[C@@H](C)C1. The van der Waals surface area contributed by atoms with Gasteiger partial charge in [-0.2, -0.15) is 0 Å². The number of amides is 1. The molecule has 1 N–H and O–H groups in total. The molecule has 1 saturated heterocycles. The van der Waals surface area contributed by atoms with Crippen molar-refractivity contribution in [3.8, 4) is 5.75 Å². The van der Waals surface area contributed by atoms with Crippen LogP contribution in [0.4, 0.5) is 0 Å². The minimum Gasteiger partial charge on any atom is -0.496 e. The highest BCUT2D eigenvalue weighted by atomic mass is 32.2. The van der Waals surface area contributed by atoms with E-state index in [0.29, 0.717) is 30.7 Å². The van der Waals surface area contributed by atoms with Gasteiger partial charge in [-0.25, -0.2) is 12.7 Å². The maximum Gasteiger partial charge on any atom is 0.242 e. The first-order valence-electron chi connectivity index (χ1n) is 10.3. The van der Waals surface area contributed by atoms with E-state index in [1.165, 1.54) is 37.3 Å². The number of methoxy groups -OCH3 is 1. The number of sulfonamides is 1. The molecular formula is C21H35N3O4S. The first-order valence-corrected chi connectivity index (χ1v) is 11.8. The third kappa shape index (κ3) is 6.97. The summed E-state index contributed by atoms with van der Waals surface area (Å²) in [4.78, 5) is 14.9. The number of piperidine rings is 1. The molecule has 1 aromatic rings. The Morgan fingerprint density at radius 3 is 2.76 bits per heavy atom. The van der Waals surface area contributed by atoms with Gasteiger partial charge in [-0.15, -0.1) is 0 Å². The third-order valence-corrected chi connectivity index (χ3v) is 7.18. The van der Waals surface area contributed by atoms with Crippen molar-refractivity contribution in [2.75, 3.05) is 47.4 Å². The van der Waals surface area contributed by atoms with Crippen LogP contribution in [0.5, 0.6) is 5.75 Å². The van der Waals surface area contributed by atoms with Gasteiger partial charge in [-0.3, -0.25) is 4.79 Å². The number of hydrogen-bond acceptors (Lipinski definition) is 5. The quantitative estimate of drug-likeness (QED) is 0.581. The molecule has 0 unspecified atom stereocenters. The molecule has 0 aliphatic carbocycles. The van der Waals surface area contributed by atoms with Gasteiger partial charge < -0.3 is 15.0 Å². The lowest BCUT2D eigenvalue weighted by molar-refractivity contribution is -0.121. The Labute approximate surface area is 175 Å². The van der Waals surface area contributed by atoms with Crippen LogP contribution in [0.2, 0.25) is 0 Å². The third-order valence-electron chi connectivity index (χ3n) is 5.37. The number of nitrogens with zero attached hydrogens (tertiary/aromatic N) is 2. The predicted octanol–water partition coefficient (Wildman–Crippen LogP) is 2.12. The molecule has 1 fully saturated rings. The molecule has 8 heteroatoms. The second-order valence-corrected chi connectivity index (χ2v) is 10.2. The van der Waals surface area contributed by atoms with E-state index in [1.807, 2.05) is 0 Å². The van der Waals surface area contributed by atoms with E-state index in [1.54, 1.807) is 19.2 Å². The standard InChI is InChI=1S/C21H35N3O4S/c1-17-7-5-13-24(16-17)14-6-12-22-21(25)11-8-18-15-19(9-10-20(18)28-4)29(26,27)23(2)3/h9-10,15,17H,5-8,11-14,16H2,1-4H3,(H,22,25)/t17-/m1/s1. The number of ether oxygens (including phenoxy) is 1. The average molecular weight is 426 g/mol. The molecule has 1 heterocycles. The second-order valence-electron chi connectivity index (χ2n) is 8.01. The molecule has 164 valence electrons. The van der Waals surface area contributed by atoms with Crippen molar-refractivity contribution in [1.82, 2.24) is 14.5 Å². The van der Waals surface area contributed by atoms with Crippen LogP contribution >= 0.6 is 0 Å². The first kappa shape index (κ1) is 23.6. The van der Waals surface area contributed by atoms with Crippen molar-refractivity contribution >= 4 is 15.9 Å². The number of carbonyl (C=O) groups is 1. The van der Waals surface area contributed by atoms with Gasteiger partial charge >= 0.3 is 0 Å². The number of carbonyl (C=O) groups excluding carboxylic acids is 1. The van der Waals surface area contributed by atoms with Crippen molar-refractivity contribution in [2.24, 2.45) is 5.92 Å². The maximum absolute atomic E-state index is 12.3. The molecule has 1 aliphatic heterocycles. The average Bonchev–Trinajstić information content (AvgIpc) is 2.69. The normalized spacial score (nSPS) is 18.0. The summed E-state index contributed by atoms with van der Waals surface area (Å²) >= 11 is 0. The van der Waals surface area contributed by atoms with Gasteiger partial charge in [0.05, 0.1) is 12.0 Å². The summed E-state index contributed by atoms with van der Waals surface area (Å²) in [6.07, 6.45) is 4.24. The number of nitrogens with one attached hydrogen (secondary N) is 1. The van der Waals surface area contributed by atoms with Crippen molar-refractivity contribution in [1.29, 1.82) is 0 Å². The highest BCUT2D eigenvalue weighted by Gasteiger charge is 2.19. The molecule has 0 aromatic heterocycles. The van der Waals surface area contributed by atoms with Crippen LogP contribution < -0.4 is 10.1 Å². The van der Waals surface area contributed by atoms with Crippen LogP contribution in [-0.4, -0.2) is 70.9 Å². The number of benzene rings is 1. The molecule has 0 saturated carbocycles. The summed E-state index contributed by atoms with van der Waals surface area (Å²) in [6, 6.07) is 4.77. The van der Waals surface area contributed by atoms with E-state index in [-0.39, 0.29) is 10.8 Å². The Morgan fingerprint density at radius 2 is 2.10 bits per heavy atom. The van der Waals surface area contributed by atoms with Crippen molar-refractivity contribution in [3.63, 3.8) is 0 Å². The molecule has 0 spiro atoms. The largest absolute Gasteiger partial charge is 0.496 e. The zero-order valence-electron chi connectivity index (χ0n) is 18.1. The fraction of sp³-hybridized carbons (Fsp3) is 0.667. The Hall–Kier alpha value is -1.64. The van der Waals surface area contributed by atoms with Gasteiger partial charge in [0.15, 0.2) is 0 Å². The number of hydrogen-bond donors (Lipinski definition) is 1. The molecular weight excluding hydrogens is 390 g/mol. The van der Waals surface area contributed by atoms with E-state index in [4.69, 9.17) is 4.74 Å². The maximum atomic E-state index is 12.3. The summed E-state index contributed by atoms with van der Waals surface area (Å²) in [5, 5.41) is 2.97. The molecule has 7 nitrogen and oxygen atoms in total. The monoisotopic (exact) mass is 425 g/mol. The van der Waals surface area contributed by atoms with Crippen LogP contribution in [0.1, 0.15) is 38.2 Å². The smallest absolute Gasteiger partial charge is 0.242 e. The van der Waals surface area contributed by atoms with Gasteiger partial charge in [0.2, 0.25) is 15.9 Å². The molecule has 1 aliphatic rings. The highest BCUT2D eigenvalue weighted by molar-refractivity contribution is 7.89. The van der Waals surface area contributed by atoms with E-state index in [0.717, 1.165) is 32.0 Å². The summed E-state index contributed by atoms with van der Waals surface area (Å²) < 4.78 is 31.2. The Kier molecular flexibility index (Phi) is 8.92. The summed E-state index contributed by atoms with van der Waals surface area (Å²) in [6.45, 7) is 6.28. The van der Waals surface area contributed by atoms with Gasteiger partial charge in [0.1, 0.15) is 5.75 Å². The van der Waals surface area contributed by atoms with Crippen molar-refractivity contribution in [3.05, 3.63) is 23.8 Å². The molecule has 29 heavy (non-hydrogen) atoms. The second kappa shape index (κ2) is 10.9. The van der Waals surface area contributed by atoms with Crippen LogP contribution in [-0.2, 0) is 21.2 Å². The highest BCUT2D eigenvalue weighted by Crippen LogP contribution is 2.25. The molecule has 1 amide bonds. The summed E-state index contributed by atoms with van der Waals surface area (Å²) in [7, 11) is 1.01. The Morgan fingerprint density at radius 1 is 1.34 bits per heavy atom. The Balaban J connectivity index is 1.82. The minimum atomic E-state index is -3.52. The first-order chi connectivity index (χ1) is 13.7. The van der Waals surface area contributed by atoms with Gasteiger partial charge in [0, 0.05) is 33.6 Å². The van der Waals surface area contributed by atoms with E-state index in [2.05, 4.69) is 17.1 Å². The van der Waals surface area contributed by atoms with Crippen LogP contribution in [0.25, 0.3) is 0 Å². The van der Waals surface area contributed by atoms with E-state index >= 15 is 0 Å². The predicted molar refractivity (Wildman–Crippen MR) is 115 cm³/mol. The van der Waals surface area contributed by atoms with Gasteiger partial charge in [-0.05, 0) is 68.5 Å². The molecule has 2 rings (SSSR count). The van der Waals surface area contributed by atoms with Crippen LogP contribution in [0, 0.1) is 5.92 Å².